The molecule has 2 amide bonds. The molecule has 0 aromatic rings. The van der Waals surface area contributed by atoms with E-state index in [9.17, 15) is 9.59 Å². The van der Waals surface area contributed by atoms with Crippen LogP contribution in [-0.2, 0) is 14.3 Å². The minimum Gasteiger partial charge on any atom is -0.465 e. The fraction of sp³-hybridized carbons (Fsp3) is 0.846. The molecule has 0 aromatic heterocycles. The van der Waals surface area contributed by atoms with Crippen molar-refractivity contribution in [3.8, 4) is 0 Å². The van der Waals surface area contributed by atoms with Gasteiger partial charge in [-0.2, -0.15) is 0 Å². The third-order valence-electron chi connectivity index (χ3n) is 2.56. The Morgan fingerprint density at radius 2 is 1.71 bits per heavy atom. The lowest BCUT2D eigenvalue weighted by molar-refractivity contribution is -0.118. The lowest BCUT2D eigenvalue weighted by Crippen LogP contribution is -2.46. The molecule has 0 spiro atoms. The van der Waals surface area contributed by atoms with Crippen LogP contribution in [0.25, 0.3) is 0 Å². The Balaban J connectivity index is 3.55. The van der Waals surface area contributed by atoms with Crippen molar-refractivity contribution < 1.29 is 24.2 Å². The number of rotatable bonds is 10. The molecule has 0 rings (SSSR count). The molecule has 0 fully saturated rings. The summed E-state index contributed by atoms with van der Waals surface area (Å²) in [4.78, 5) is 23.3. The first-order valence-electron chi connectivity index (χ1n) is 6.77. The van der Waals surface area contributed by atoms with E-state index in [1.807, 2.05) is 43.4 Å². The van der Waals surface area contributed by atoms with E-state index >= 15 is 0 Å². The van der Waals surface area contributed by atoms with Gasteiger partial charge in [-0.1, -0.05) is 22.6 Å². The van der Waals surface area contributed by atoms with Gasteiger partial charge in [-0.25, -0.2) is 4.79 Å². The zero-order valence-electron chi connectivity index (χ0n) is 12.9. The molecule has 8 heteroatoms. The van der Waals surface area contributed by atoms with Gasteiger partial charge in [-0.05, 0) is 20.8 Å². The van der Waals surface area contributed by atoms with Crippen molar-refractivity contribution >= 4 is 34.6 Å². The van der Waals surface area contributed by atoms with Crippen molar-refractivity contribution in [1.29, 1.82) is 0 Å². The molecule has 124 valence electrons. The Labute approximate surface area is 139 Å². The SMILES string of the molecule is CC(C)(C)N(CCOCCOCCNC(=O)CI)C(=O)O. The first-order valence-corrected chi connectivity index (χ1v) is 8.30. The summed E-state index contributed by atoms with van der Waals surface area (Å²) < 4.78 is 11.1. The number of alkyl halides is 1. The smallest absolute Gasteiger partial charge is 0.407 e. The summed E-state index contributed by atoms with van der Waals surface area (Å²) >= 11 is 1.99. The predicted molar refractivity (Wildman–Crippen MR) is 88.0 cm³/mol. The van der Waals surface area contributed by atoms with E-state index in [2.05, 4.69) is 5.32 Å². The summed E-state index contributed by atoms with van der Waals surface area (Å²) in [6.07, 6.45) is -0.951. The summed E-state index contributed by atoms with van der Waals surface area (Å²) in [6.45, 7) is 7.92. The molecule has 0 aromatic carbocycles. The molecule has 0 unspecified atom stereocenters. The van der Waals surface area contributed by atoms with Crippen molar-refractivity contribution in [2.75, 3.05) is 43.9 Å². The minimum absolute atomic E-state index is 0.00797. The second-order valence-electron chi connectivity index (χ2n) is 5.31. The predicted octanol–water partition coefficient (Wildman–Crippen LogP) is 1.35. The van der Waals surface area contributed by atoms with Gasteiger partial charge in [0, 0.05) is 18.6 Å². The van der Waals surface area contributed by atoms with Gasteiger partial charge in [-0.3, -0.25) is 4.79 Å². The van der Waals surface area contributed by atoms with E-state index in [4.69, 9.17) is 14.6 Å². The molecule has 0 atom stereocenters. The highest BCUT2D eigenvalue weighted by Crippen LogP contribution is 2.12. The fourth-order valence-electron chi connectivity index (χ4n) is 1.51. The highest BCUT2D eigenvalue weighted by atomic mass is 127. The molecule has 2 N–H and O–H groups in total. The van der Waals surface area contributed by atoms with Gasteiger partial charge in [0.1, 0.15) is 0 Å². The first kappa shape index (κ1) is 20.4. The molecule has 0 aliphatic heterocycles. The number of ether oxygens (including phenoxy) is 2. The van der Waals surface area contributed by atoms with Gasteiger partial charge in [0.15, 0.2) is 0 Å². The van der Waals surface area contributed by atoms with Crippen LogP contribution >= 0.6 is 22.6 Å². The van der Waals surface area contributed by atoms with Crippen LogP contribution in [0.1, 0.15) is 20.8 Å². The number of hydrogen-bond acceptors (Lipinski definition) is 4. The maximum absolute atomic E-state index is 11.1. The third kappa shape index (κ3) is 10.7. The molecule has 0 radical (unpaired) electrons. The molecular weight excluding hydrogens is 391 g/mol. The normalized spacial score (nSPS) is 11.2. The quantitative estimate of drug-likeness (QED) is 0.319. The molecule has 0 aliphatic carbocycles. The second-order valence-corrected chi connectivity index (χ2v) is 6.08. The average molecular weight is 416 g/mol. The molecule has 0 saturated heterocycles. The van der Waals surface area contributed by atoms with Crippen molar-refractivity contribution in [1.82, 2.24) is 10.2 Å². The van der Waals surface area contributed by atoms with Crippen molar-refractivity contribution in [3.05, 3.63) is 0 Å². The number of carbonyl (C=O) groups is 2. The fourth-order valence-corrected chi connectivity index (χ4v) is 1.78. The van der Waals surface area contributed by atoms with Crippen LogP contribution in [-0.4, -0.2) is 71.5 Å². The monoisotopic (exact) mass is 416 g/mol. The molecule has 21 heavy (non-hydrogen) atoms. The number of carboxylic acid groups (broad SMARTS) is 1. The molecule has 0 saturated carbocycles. The van der Waals surface area contributed by atoms with Gasteiger partial charge in [0.05, 0.1) is 30.9 Å². The second kappa shape index (κ2) is 11.0. The maximum atomic E-state index is 11.1. The lowest BCUT2D eigenvalue weighted by atomic mass is 10.1. The Morgan fingerprint density at radius 3 is 2.19 bits per heavy atom. The van der Waals surface area contributed by atoms with Crippen LogP contribution in [0.3, 0.4) is 0 Å². The van der Waals surface area contributed by atoms with E-state index in [1.165, 1.54) is 4.90 Å². The summed E-state index contributed by atoms with van der Waals surface area (Å²) in [5.74, 6) is -0.00797. The van der Waals surface area contributed by atoms with Crippen LogP contribution in [0.15, 0.2) is 0 Å². The third-order valence-corrected chi connectivity index (χ3v) is 3.25. The molecule has 0 heterocycles. The maximum Gasteiger partial charge on any atom is 0.407 e. The number of amides is 2. The summed E-state index contributed by atoms with van der Waals surface area (Å²) in [7, 11) is 0. The first-order chi connectivity index (χ1) is 9.79. The lowest BCUT2D eigenvalue weighted by Gasteiger charge is -2.32. The largest absolute Gasteiger partial charge is 0.465 e. The number of carbonyl (C=O) groups excluding carboxylic acids is 1. The van der Waals surface area contributed by atoms with Gasteiger partial charge < -0.3 is 24.8 Å². The zero-order chi connectivity index (χ0) is 16.3. The molecule has 0 aliphatic rings. The van der Waals surface area contributed by atoms with Gasteiger partial charge >= 0.3 is 6.09 Å². The van der Waals surface area contributed by atoms with E-state index in [-0.39, 0.29) is 5.91 Å². The van der Waals surface area contributed by atoms with Gasteiger partial charge in [0.25, 0.3) is 0 Å². The van der Waals surface area contributed by atoms with Crippen molar-refractivity contribution in [2.45, 2.75) is 26.3 Å². The van der Waals surface area contributed by atoms with Crippen LogP contribution in [0.5, 0.6) is 0 Å². The van der Waals surface area contributed by atoms with Gasteiger partial charge in [0.2, 0.25) is 5.91 Å². The number of nitrogens with one attached hydrogen (secondary N) is 1. The number of nitrogens with zero attached hydrogens (tertiary/aromatic N) is 1. The van der Waals surface area contributed by atoms with E-state index in [0.717, 1.165) is 0 Å². The zero-order valence-corrected chi connectivity index (χ0v) is 15.0. The van der Waals surface area contributed by atoms with E-state index in [0.29, 0.717) is 43.9 Å². The summed E-state index contributed by atoms with van der Waals surface area (Å²) in [5, 5.41) is 11.8. The molecule has 7 nitrogen and oxygen atoms in total. The van der Waals surface area contributed by atoms with E-state index < -0.39 is 11.6 Å². The summed E-state index contributed by atoms with van der Waals surface area (Å²) in [6, 6.07) is 0. The average Bonchev–Trinajstić information content (AvgIpc) is 2.38. The van der Waals surface area contributed by atoms with Gasteiger partial charge in [-0.15, -0.1) is 0 Å². The highest BCUT2D eigenvalue weighted by molar-refractivity contribution is 14.1. The summed E-state index contributed by atoms with van der Waals surface area (Å²) in [5.41, 5.74) is -0.442. The standard InChI is InChI=1S/C13H25IN2O5/c1-13(2,3)16(12(18)19)5-7-21-9-8-20-6-4-15-11(17)10-14/h4-10H2,1-3H3,(H,15,17)(H,18,19). The van der Waals surface area contributed by atoms with Crippen LogP contribution in [0, 0.1) is 0 Å². The Kier molecular flexibility index (Phi) is 10.7. The highest BCUT2D eigenvalue weighted by Gasteiger charge is 2.25. The minimum atomic E-state index is -0.951. The van der Waals surface area contributed by atoms with Crippen molar-refractivity contribution in [3.63, 3.8) is 0 Å². The molecular formula is C13H25IN2O5. The molecule has 0 bridgehead atoms. The topological polar surface area (TPSA) is 88.1 Å². The van der Waals surface area contributed by atoms with E-state index in [1.54, 1.807) is 0 Å². The van der Waals surface area contributed by atoms with Crippen LogP contribution in [0.2, 0.25) is 0 Å². The Hall–Kier alpha value is -0.610. The van der Waals surface area contributed by atoms with Crippen molar-refractivity contribution in [2.24, 2.45) is 0 Å². The Morgan fingerprint density at radius 1 is 1.14 bits per heavy atom. The van der Waals surface area contributed by atoms with Crippen LogP contribution in [0.4, 0.5) is 4.79 Å². The number of halogens is 1. The number of hydrogen-bond donors (Lipinski definition) is 2. The Bertz CT molecular complexity index is 320. The van der Waals surface area contributed by atoms with Crippen LogP contribution < -0.4 is 5.32 Å².